The molecule has 0 N–H and O–H groups in total. The molecule has 0 bridgehead atoms. The molecule has 2 radical (unpaired) electrons. The Bertz CT molecular complexity index is 206. The van der Waals surface area contributed by atoms with Crippen molar-refractivity contribution >= 4 is 0 Å². The second-order valence-corrected chi connectivity index (χ2v) is 5.24. The number of hydrogen-bond acceptors (Lipinski definition) is 0. The van der Waals surface area contributed by atoms with Crippen molar-refractivity contribution in [1.29, 1.82) is 0 Å². The third-order valence-corrected chi connectivity index (χ3v) is 3.19. The fourth-order valence-electron chi connectivity index (χ4n) is 2.20. The van der Waals surface area contributed by atoms with Crippen molar-refractivity contribution in [2.24, 2.45) is 17.8 Å². The van der Waals surface area contributed by atoms with Crippen molar-refractivity contribution < 1.29 is 0 Å². The lowest BCUT2D eigenvalue weighted by molar-refractivity contribution is 0.357. The van der Waals surface area contributed by atoms with Gasteiger partial charge in [-0.2, -0.15) is 0 Å². The molecule has 0 aromatic rings. The first-order valence-corrected chi connectivity index (χ1v) is 6.67. The molecule has 0 aliphatic heterocycles. The SMILES string of the molecule is [CH2]C#CC(C)CCC(C)CC(C)CCC[CH2]. The Balaban J connectivity index is 3.63. The molecule has 0 rings (SSSR count). The van der Waals surface area contributed by atoms with E-state index in [1.165, 1.54) is 32.1 Å². The maximum absolute atomic E-state index is 3.90. The molecular weight excluding hydrogens is 192 g/mol. The quantitative estimate of drug-likeness (QED) is 0.510. The molecule has 3 atom stereocenters. The van der Waals surface area contributed by atoms with Gasteiger partial charge in [0.2, 0.25) is 0 Å². The summed E-state index contributed by atoms with van der Waals surface area (Å²) >= 11 is 0. The minimum absolute atomic E-state index is 0.509. The first kappa shape index (κ1) is 15.6. The average Bonchev–Trinajstić information content (AvgIpc) is 2.24. The van der Waals surface area contributed by atoms with Crippen LogP contribution in [0.25, 0.3) is 0 Å². The Hall–Kier alpha value is -0.440. The van der Waals surface area contributed by atoms with E-state index in [9.17, 15) is 0 Å². The minimum atomic E-state index is 0.509. The molecule has 0 heteroatoms. The molecule has 0 aromatic heterocycles. The van der Waals surface area contributed by atoms with Crippen molar-refractivity contribution in [3.05, 3.63) is 13.8 Å². The first-order chi connectivity index (χ1) is 7.60. The molecule has 92 valence electrons. The van der Waals surface area contributed by atoms with Gasteiger partial charge in [-0.15, -0.1) is 11.8 Å². The van der Waals surface area contributed by atoms with E-state index >= 15 is 0 Å². The minimum Gasteiger partial charge on any atom is -0.102 e. The molecule has 0 spiro atoms. The first-order valence-electron chi connectivity index (χ1n) is 6.67. The summed E-state index contributed by atoms with van der Waals surface area (Å²) < 4.78 is 0. The van der Waals surface area contributed by atoms with Crippen LogP contribution in [0.4, 0.5) is 0 Å². The standard InChI is InChI=1S/C16H28/c1-6-8-10-15(4)13-16(5)12-11-14(3)9-7-2/h14-16H,1-2,6,8,10-13H2,3-5H3. The summed E-state index contributed by atoms with van der Waals surface area (Å²) in [5.74, 6) is 8.06. The molecule has 0 saturated heterocycles. The van der Waals surface area contributed by atoms with Gasteiger partial charge in [-0.1, -0.05) is 47.0 Å². The summed E-state index contributed by atoms with van der Waals surface area (Å²) in [5.41, 5.74) is 0. The Labute approximate surface area is 103 Å². The second kappa shape index (κ2) is 9.76. The summed E-state index contributed by atoms with van der Waals surface area (Å²) in [6.07, 6.45) is 7.55. The van der Waals surface area contributed by atoms with Gasteiger partial charge < -0.3 is 0 Å². The molecule has 0 aliphatic rings. The van der Waals surface area contributed by atoms with Crippen LogP contribution < -0.4 is 0 Å². The maximum atomic E-state index is 3.90. The van der Waals surface area contributed by atoms with Crippen LogP contribution in [-0.2, 0) is 0 Å². The fraction of sp³-hybridized carbons (Fsp3) is 0.750. The summed E-state index contributed by atoms with van der Waals surface area (Å²) in [6.45, 7) is 14.4. The zero-order valence-corrected chi connectivity index (χ0v) is 11.4. The monoisotopic (exact) mass is 220 g/mol. The summed E-state index contributed by atoms with van der Waals surface area (Å²) in [4.78, 5) is 0. The highest BCUT2D eigenvalue weighted by molar-refractivity contribution is 5.04. The van der Waals surface area contributed by atoms with Crippen LogP contribution in [0.2, 0.25) is 0 Å². The van der Waals surface area contributed by atoms with Crippen LogP contribution in [0.15, 0.2) is 0 Å². The van der Waals surface area contributed by atoms with E-state index < -0.39 is 0 Å². The Morgan fingerprint density at radius 3 is 2.19 bits per heavy atom. The highest BCUT2D eigenvalue weighted by Crippen LogP contribution is 2.22. The van der Waals surface area contributed by atoms with Gasteiger partial charge in [0.25, 0.3) is 0 Å². The average molecular weight is 220 g/mol. The number of unbranched alkanes of at least 4 members (excludes halogenated alkanes) is 1. The summed E-state index contributed by atoms with van der Waals surface area (Å²) in [7, 11) is 0. The van der Waals surface area contributed by atoms with E-state index in [0.29, 0.717) is 5.92 Å². The Kier molecular flexibility index (Phi) is 9.49. The van der Waals surface area contributed by atoms with Crippen LogP contribution in [0.5, 0.6) is 0 Å². The van der Waals surface area contributed by atoms with E-state index in [2.05, 4.69) is 46.5 Å². The molecule has 0 fully saturated rings. The summed E-state index contributed by atoms with van der Waals surface area (Å²) in [6, 6.07) is 0. The zero-order valence-electron chi connectivity index (χ0n) is 11.4. The molecular formula is C16H28. The van der Waals surface area contributed by atoms with E-state index in [1.807, 2.05) is 0 Å². The molecule has 0 amide bonds. The number of rotatable bonds is 8. The number of hydrogen-bond donors (Lipinski definition) is 0. The van der Waals surface area contributed by atoms with E-state index in [1.54, 1.807) is 0 Å². The predicted molar refractivity (Wildman–Crippen MR) is 73.7 cm³/mol. The van der Waals surface area contributed by atoms with Crippen molar-refractivity contribution in [2.75, 3.05) is 0 Å². The molecule has 16 heavy (non-hydrogen) atoms. The third-order valence-electron chi connectivity index (χ3n) is 3.19. The maximum Gasteiger partial charge on any atom is 0.0199 e. The zero-order chi connectivity index (χ0) is 12.4. The van der Waals surface area contributed by atoms with Gasteiger partial charge in [-0.05, 0) is 31.1 Å². The normalized spacial score (nSPS) is 16.1. The van der Waals surface area contributed by atoms with E-state index in [4.69, 9.17) is 0 Å². The summed E-state index contributed by atoms with van der Waals surface area (Å²) in [5, 5.41) is 0. The van der Waals surface area contributed by atoms with Gasteiger partial charge in [-0.3, -0.25) is 0 Å². The van der Waals surface area contributed by atoms with Crippen LogP contribution >= 0.6 is 0 Å². The molecule has 0 aromatic carbocycles. The predicted octanol–water partition coefficient (Wildman–Crippen LogP) is 4.91. The van der Waals surface area contributed by atoms with Crippen molar-refractivity contribution in [3.63, 3.8) is 0 Å². The lowest BCUT2D eigenvalue weighted by Crippen LogP contribution is -2.05. The van der Waals surface area contributed by atoms with Crippen LogP contribution in [0, 0.1) is 43.4 Å². The van der Waals surface area contributed by atoms with Crippen LogP contribution in [-0.4, -0.2) is 0 Å². The fourth-order valence-corrected chi connectivity index (χ4v) is 2.20. The van der Waals surface area contributed by atoms with Gasteiger partial charge in [0.15, 0.2) is 0 Å². The lowest BCUT2D eigenvalue weighted by Gasteiger charge is -2.17. The highest BCUT2D eigenvalue weighted by atomic mass is 14.1. The highest BCUT2D eigenvalue weighted by Gasteiger charge is 2.09. The van der Waals surface area contributed by atoms with E-state index in [0.717, 1.165) is 18.3 Å². The Morgan fingerprint density at radius 1 is 1.00 bits per heavy atom. The smallest absolute Gasteiger partial charge is 0.0199 e. The molecule has 3 unspecified atom stereocenters. The van der Waals surface area contributed by atoms with Gasteiger partial charge in [0.05, 0.1) is 0 Å². The largest absolute Gasteiger partial charge is 0.102 e. The molecule has 0 aliphatic carbocycles. The Morgan fingerprint density at radius 2 is 1.62 bits per heavy atom. The molecule has 0 nitrogen and oxygen atoms in total. The van der Waals surface area contributed by atoms with Crippen molar-refractivity contribution in [1.82, 2.24) is 0 Å². The van der Waals surface area contributed by atoms with Crippen LogP contribution in [0.3, 0.4) is 0 Å². The van der Waals surface area contributed by atoms with E-state index in [-0.39, 0.29) is 0 Å². The van der Waals surface area contributed by atoms with Crippen molar-refractivity contribution in [2.45, 2.75) is 59.3 Å². The lowest BCUT2D eigenvalue weighted by atomic mass is 9.88. The second-order valence-electron chi connectivity index (χ2n) is 5.24. The molecule has 0 saturated carbocycles. The third kappa shape index (κ3) is 8.84. The molecule has 0 heterocycles. The van der Waals surface area contributed by atoms with Crippen molar-refractivity contribution in [3.8, 4) is 11.8 Å². The van der Waals surface area contributed by atoms with Gasteiger partial charge in [0, 0.05) is 12.8 Å². The topological polar surface area (TPSA) is 0 Å². The van der Waals surface area contributed by atoms with Gasteiger partial charge >= 0.3 is 0 Å². The van der Waals surface area contributed by atoms with Gasteiger partial charge in [-0.25, -0.2) is 0 Å². The van der Waals surface area contributed by atoms with Gasteiger partial charge in [0.1, 0.15) is 0 Å². The van der Waals surface area contributed by atoms with Crippen LogP contribution in [0.1, 0.15) is 59.3 Å².